The van der Waals surface area contributed by atoms with Gasteiger partial charge in [-0.05, 0) is 76.9 Å². The van der Waals surface area contributed by atoms with Gasteiger partial charge in [-0.2, -0.15) is 9.49 Å². The lowest BCUT2D eigenvalue weighted by Gasteiger charge is -2.31. The van der Waals surface area contributed by atoms with E-state index < -0.39 is 11.9 Å². The maximum Gasteiger partial charge on any atom is 0.328 e. The zero-order valence-electron chi connectivity index (χ0n) is 18.1. The van der Waals surface area contributed by atoms with Crippen LogP contribution in [0.4, 0.5) is 4.39 Å². The molecule has 2 aromatic heterocycles. The molecule has 0 spiro atoms. The van der Waals surface area contributed by atoms with Gasteiger partial charge in [-0.15, -0.1) is 0 Å². The zero-order valence-corrected chi connectivity index (χ0v) is 18.9. The van der Waals surface area contributed by atoms with E-state index in [4.69, 9.17) is 16.7 Å². The summed E-state index contributed by atoms with van der Waals surface area (Å²) in [6.45, 7) is 0. The van der Waals surface area contributed by atoms with Gasteiger partial charge in [0.25, 0.3) is 0 Å². The number of fused-ring (bicyclic) bond motifs is 1. The van der Waals surface area contributed by atoms with E-state index in [9.17, 15) is 9.18 Å². The third-order valence-electron chi connectivity index (χ3n) is 6.21. The maximum atomic E-state index is 14.4. The Balaban J connectivity index is 1.76. The van der Waals surface area contributed by atoms with Gasteiger partial charge in [-0.3, -0.25) is 10.1 Å². The van der Waals surface area contributed by atoms with Crippen molar-refractivity contribution in [2.24, 2.45) is 5.92 Å². The van der Waals surface area contributed by atoms with Crippen LogP contribution in [0.25, 0.3) is 28.1 Å². The lowest BCUT2D eigenvalue weighted by molar-refractivity contribution is -0.131. The minimum atomic E-state index is -1.00. The fourth-order valence-corrected chi connectivity index (χ4v) is 4.56. The second kappa shape index (κ2) is 9.23. The Morgan fingerprint density at radius 2 is 1.88 bits per heavy atom. The van der Waals surface area contributed by atoms with Crippen LogP contribution in [0.1, 0.15) is 41.6 Å². The third-order valence-corrected chi connectivity index (χ3v) is 6.52. The number of hydrogen-bond donors (Lipinski definition) is 2. The summed E-state index contributed by atoms with van der Waals surface area (Å²) in [6.07, 6.45) is 7.55. The summed E-state index contributed by atoms with van der Waals surface area (Å²) in [7, 11) is 0. The molecule has 0 bridgehead atoms. The van der Waals surface area contributed by atoms with Crippen LogP contribution < -0.4 is 0 Å². The van der Waals surface area contributed by atoms with Crippen LogP contribution in [0.3, 0.4) is 0 Å². The summed E-state index contributed by atoms with van der Waals surface area (Å²) < 4.78 is 14.4. The number of hydrogen-bond acceptors (Lipinski definition) is 3. The number of carbonyl (C=O) groups is 1. The van der Waals surface area contributed by atoms with Gasteiger partial charge in [-0.1, -0.05) is 48.4 Å². The molecule has 5 nitrogen and oxygen atoms in total. The fraction of sp³-hybridized carbons (Fsp3) is 0.148. The Kier molecular flexibility index (Phi) is 5.99. The first-order valence-electron chi connectivity index (χ1n) is 11.0. The molecule has 0 aliphatic heterocycles. The topological polar surface area (TPSA) is 78.9 Å². The number of rotatable bonds is 6. The van der Waals surface area contributed by atoms with E-state index in [-0.39, 0.29) is 5.92 Å². The van der Waals surface area contributed by atoms with Gasteiger partial charge < -0.3 is 5.11 Å². The molecule has 170 valence electrons. The molecule has 0 atom stereocenters. The number of halogens is 2. The molecule has 2 heterocycles. The van der Waals surface area contributed by atoms with Crippen LogP contribution in [0.2, 0.25) is 5.02 Å². The van der Waals surface area contributed by atoms with E-state index in [1.54, 1.807) is 30.5 Å². The standard InChI is InChI=1S/C27H21ClFN3O2/c28-21-5-2-14-30-26(21)25(17-3-1-4-17)24(18-9-6-16(7-10-18)8-13-23(33)34)19-11-12-22-20(15-19)27(29)32-31-22/h2,5-15,17H,1,3-4H2,(H,31,32)(H,33,34)/b13-8+,25-24?. The first-order valence-corrected chi connectivity index (χ1v) is 11.4. The third kappa shape index (κ3) is 4.24. The van der Waals surface area contributed by atoms with E-state index in [0.29, 0.717) is 15.9 Å². The Morgan fingerprint density at radius 1 is 1.12 bits per heavy atom. The SMILES string of the molecule is O=C(O)/C=C/c1ccc(C(=C(c2ncccc2Cl)C2CCC2)c2ccc3n[nH]c(F)c3c2)cc1. The van der Waals surface area contributed by atoms with Gasteiger partial charge in [-0.25, -0.2) is 4.79 Å². The number of allylic oxidation sites excluding steroid dienone is 1. The summed E-state index contributed by atoms with van der Waals surface area (Å²) in [5.74, 6) is -1.21. The molecule has 1 aliphatic rings. The zero-order chi connectivity index (χ0) is 23.7. The predicted octanol–water partition coefficient (Wildman–Crippen LogP) is 6.61. The van der Waals surface area contributed by atoms with Crippen molar-refractivity contribution < 1.29 is 14.3 Å². The molecule has 1 fully saturated rings. The summed E-state index contributed by atoms with van der Waals surface area (Å²) in [6, 6.07) is 16.8. The van der Waals surface area contributed by atoms with Crippen molar-refractivity contribution in [3.05, 3.63) is 100 Å². The molecule has 4 aromatic rings. The highest BCUT2D eigenvalue weighted by Crippen LogP contribution is 2.46. The molecule has 34 heavy (non-hydrogen) atoms. The first kappa shape index (κ1) is 22.0. The number of benzene rings is 2. The van der Waals surface area contributed by atoms with Gasteiger partial charge in [0.05, 0.1) is 21.6 Å². The number of nitrogens with zero attached hydrogens (tertiary/aromatic N) is 2. The van der Waals surface area contributed by atoms with Crippen LogP contribution in [-0.4, -0.2) is 26.3 Å². The normalized spacial score (nSPS) is 14.9. The van der Waals surface area contributed by atoms with Crippen molar-refractivity contribution in [1.82, 2.24) is 15.2 Å². The van der Waals surface area contributed by atoms with Crippen molar-refractivity contribution in [2.45, 2.75) is 19.3 Å². The lowest BCUT2D eigenvalue weighted by atomic mass is 9.74. The van der Waals surface area contributed by atoms with Gasteiger partial charge in [0.15, 0.2) is 0 Å². The molecule has 1 aliphatic carbocycles. The fourth-order valence-electron chi connectivity index (χ4n) is 4.34. The molecule has 0 unspecified atom stereocenters. The summed E-state index contributed by atoms with van der Waals surface area (Å²) in [5.41, 5.74) is 5.77. The number of nitrogens with one attached hydrogen (secondary N) is 1. The number of H-pyrrole nitrogens is 1. The molecule has 5 rings (SSSR count). The Bertz CT molecular complexity index is 1440. The average Bonchev–Trinajstić information content (AvgIpc) is 3.17. The highest BCUT2D eigenvalue weighted by atomic mass is 35.5. The highest BCUT2D eigenvalue weighted by molar-refractivity contribution is 6.32. The van der Waals surface area contributed by atoms with Crippen molar-refractivity contribution in [2.75, 3.05) is 0 Å². The lowest BCUT2D eigenvalue weighted by Crippen LogP contribution is -2.16. The molecule has 2 N–H and O–H groups in total. The van der Waals surface area contributed by atoms with Crippen LogP contribution >= 0.6 is 11.6 Å². The molecular formula is C27H21ClFN3O2. The molecule has 0 radical (unpaired) electrons. The minimum Gasteiger partial charge on any atom is -0.478 e. The average molecular weight is 474 g/mol. The summed E-state index contributed by atoms with van der Waals surface area (Å²) in [4.78, 5) is 15.5. The molecule has 7 heteroatoms. The van der Waals surface area contributed by atoms with Crippen LogP contribution in [0.15, 0.2) is 66.9 Å². The summed E-state index contributed by atoms with van der Waals surface area (Å²) >= 11 is 6.63. The number of carboxylic acids is 1. The van der Waals surface area contributed by atoms with Crippen molar-refractivity contribution in [3.8, 4) is 0 Å². The van der Waals surface area contributed by atoms with Gasteiger partial charge in [0, 0.05) is 12.3 Å². The first-order chi connectivity index (χ1) is 16.5. The summed E-state index contributed by atoms with van der Waals surface area (Å²) in [5, 5.41) is 16.3. The monoisotopic (exact) mass is 473 g/mol. The number of carboxylic acid groups (broad SMARTS) is 1. The van der Waals surface area contributed by atoms with Gasteiger partial charge in [0.1, 0.15) is 0 Å². The molecule has 1 saturated carbocycles. The van der Waals surface area contributed by atoms with Gasteiger partial charge >= 0.3 is 5.97 Å². The maximum absolute atomic E-state index is 14.4. The molecular weight excluding hydrogens is 453 g/mol. The highest BCUT2D eigenvalue weighted by Gasteiger charge is 2.29. The molecule has 0 saturated heterocycles. The van der Waals surface area contributed by atoms with E-state index in [1.807, 2.05) is 36.4 Å². The molecule has 2 aromatic carbocycles. The van der Waals surface area contributed by atoms with Gasteiger partial charge in [0.2, 0.25) is 5.95 Å². The van der Waals surface area contributed by atoms with Crippen molar-refractivity contribution in [1.29, 1.82) is 0 Å². The number of pyridine rings is 1. The number of aromatic nitrogens is 3. The van der Waals surface area contributed by atoms with E-state index in [2.05, 4.69) is 15.2 Å². The molecule has 0 amide bonds. The minimum absolute atomic E-state index is 0.277. The van der Waals surface area contributed by atoms with Crippen LogP contribution in [0.5, 0.6) is 0 Å². The second-order valence-corrected chi connectivity index (χ2v) is 8.72. The Labute approximate surface area is 200 Å². The Hall–Kier alpha value is -3.77. The van der Waals surface area contributed by atoms with E-state index in [0.717, 1.165) is 58.9 Å². The second-order valence-electron chi connectivity index (χ2n) is 8.31. The van der Waals surface area contributed by atoms with Crippen LogP contribution in [0, 0.1) is 11.9 Å². The largest absolute Gasteiger partial charge is 0.478 e. The van der Waals surface area contributed by atoms with Crippen molar-refractivity contribution in [3.63, 3.8) is 0 Å². The van der Waals surface area contributed by atoms with Crippen molar-refractivity contribution >= 4 is 45.7 Å². The van der Waals surface area contributed by atoms with Crippen LogP contribution in [-0.2, 0) is 4.79 Å². The predicted molar refractivity (Wildman–Crippen MR) is 132 cm³/mol. The quantitative estimate of drug-likeness (QED) is 0.309. The number of aromatic amines is 1. The smallest absolute Gasteiger partial charge is 0.328 e. The van der Waals surface area contributed by atoms with E-state index in [1.165, 1.54) is 0 Å². The van der Waals surface area contributed by atoms with E-state index >= 15 is 0 Å². The number of aliphatic carboxylic acids is 1. The Morgan fingerprint density at radius 3 is 2.56 bits per heavy atom.